The van der Waals surface area contributed by atoms with Crippen molar-refractivity contribution in [1.82, 2.24) is 0 Å². The summed E-state index contributed by atoms with van der Waals surface area (Å²) < 4.78 is 13.7. The Hall–Kier alpha value is -6.00. The monoisotopic (exact) mass is 587 g/mol. The first-order valence-electron chi connectivity index (χ1n) is 15.7. The van der Waals surface area contributed by atoms with E-state index in [9.17, 15) is 0 Å². The summed E-state index contributed by atoms with van der Waals surface area (Å²) in [7, 11) is 0. The van der Waals surface area contributed by atoms with E-state index in [2.05, 4.69) is 157 Å². The second-order valence-electron chi connectivity index (χ2n) is 12.0. The van der Waals surface area contributed by atoms with E-state index in [1.54, 1.807) is 0 Å². The van der Waals surface area contributed by atoms with Gasteiger partial charge in [0.15, 0.2) is 5.58 Å². The number of furan rings is 1. The van der Waals surface area contributed by atoms with Gasteiger partial charge in [0.05, 0.1) is 5.69 Å². The van der Waals surface area contributed by atoms with Crippen LogP contribution in [0.4, 0.5) is 17.1 Å². The molecular formula is C42H26BNO2. The number of hydrogen-bond acceptors (Lipinski definition) is 3. The van der Waals surface area contributed by atoms with Crippen molar-refractivity contribution in [2.75, 3.05) is 4.90 Å². The number of anilines is 3. The van der Waals surface area contributed by atoms with Crippen LogP contribution in [0.5, 0.6) is 5.75 Å². The molecule has 7 aromatic carbocycles. The van der Waals surface area contributed by atoms with E-state index in [0.29, 0.717) is 0 Å². The van der Waals surface area contributed by atoms with Gasteiger partial charge in [0, 0.05) is 33.2 Å². The average Bonchev–Trinajstić information content (AvgIpc) is 3.51. The molecule has 0 amide bonds. The van der Waals surface area contributed by atoms with Crippen LogP contribution in [-0.4, -0.2) is 6.92 Å². The number of rotatable bonds is 3. The van der Waals surface area contributed by atoms with Gasteiger partial charge in [-0.15, -0.1) is 0 Å². The molecule has 1 aromatic heterocycles. The Kier molecular flexibility index (Phi) is 5.37. The van der Waals surface area contributed by atoms with Crippen molar-refractivity contribution in [3.05, 3.63) is 158 Å². The fourth-order valence-electron chi connectivity index (χ4n) is 7.36. The molecule has 0 bridgehead atoms. The maximum absolute atomic E-state index is 6.97. The van der Waals surface area contributed by atoms with Gasteiger partial charge in [-0.25, -0.2) is 0 Å². The molecule has 8 aromatic rings. The Morgan fingerprint density at radius 2 is 1.15 bits per heavy atom. The second kappa shape index (κ2) is 9.75. The van der Waals surface area contributed by atoms with Crippen molar-refractivity contribution < 1.29 is 9.07 Å². The molecule has 0 atom stereocenters. The molecule has 0 spiro atoms. The lowest BCUT2D eigenvalue weighted by atomic mass is 9.49. The lowest BCUT2D eigenvalue weighted by molar-refractivity contribution is 0.589. The van der Waals surface area contributed by atoms with Gasteiger partial charge >= 0.3 is 6.92 Å². The standard InChI is InChI=1S/C42H26BNO2/c1-3-11-27(12-4-1)29-19-22-31(23-20-29)44-37-24-21-30(28-13-5-2-6-14-28)25-36(37)43-40-34(32-15-8-10-18-39(32)46-43)26-35-33-16-7-9-17-38(33)45-42(35)41(40)44/h1-26H. The van der Waals surface area contributed by atoms with Crippen LogP contribution >= 0.6 is 0 Å². The highest BCUT2D eigenvalue weighted by Gasteiger charge is 2.44. The minimum Gasteiger partial charge on any atom is -0.551 e. The Labute approximate surface area is 267 Å². The zero-order valence-electron chi connectivity index (χ0n) is 24.9. The van der Waals surface area contributed by atoms with Crippen LogP contribution in [0.3, 0.4) is 0 Å². The van der Waals surface area contributed by atoms with Crippen LogP contribution in [0, 0.1) is 0 Å². The molecule has 3 nitrogen and oxygen atoms in total. The third kappa shape index (κ3) is 3.67. The first kappa shape index (κ1) is 25.3. The van der Waals surface area contributed by atoms with Gasteiger partial charge in [0.2, 0.25) is 0 Å². The molecule has 0 N–H and O–H groups in total. The van der Waals surface area contributed by atoms with E-state index in [1.165, 1.54) is 22.3 Å². The smallest absolute Gasteiger partial charge is 0.431 e. The van der Waals surface area contributed by atoms with Gasteiger partial charge in [-0.05, 0) is 69.7 Å². The molecule has 3 heterocycles. The summed E-state index contributed by atoms with van der Waals surface area (Å²) in [6.07, 6.45) is 0. The van der Waals surface area contributed by atoms with Crippen molar-refractivity contribution in [2.45, 2.75) is 0 Å². The fourth-order valence-corrected chi connectivity index (χ4v) is 7.36. The van der Waals surface area contributed by atoms with Crippen LogP contribution in [0.25, 0.3) is 55.3 Å². The number of para-hydroxylation sites is 2. The zero-order valence-corrected chi connectivity index (χ0v) is 24.9. The van der Waals surface area contributed by atoms with Gasteiger partial charge < -0.3 is 14.0 Å². The highest BCUT2D eigenvalue weighted by molar-refractivity contribution is 6.86. The largest absolute Gasteiger partial charge is 0.551 e. The van der Waals surface area contributed by atoms with E-state index >= 15 is 0 Å². The fraction of sp³-hybridized carbons (Fsp3) is 0. The van der Waals surface area contributed by atoms with E-state index in [-0.39, 0.29) is 6.92 Å². The molecule has 4 heteroatoms. The van der Waals surface area contributed by atoms with Crippen molar-refractivity contribution in [3.8, 4) is 39.1 Å². The highest BCUT2D eigenvalue weighted by atomic mass is 16.4. The van der Waals surface area contributed by atoms with E-state index in [4.69, 9.17) is 9.07 Å². The van der Waals surface area contributed by atoms with Gasteiger partial charge in [0.1, 0.15) is 11.3 Å². The lowest BCUT2D eigenvalue weighted by Crippen LogP contribution is -2.56. The third-order valence-corrected chi connectivity index (χ3v) is 9.48. The van der Waals surface area contributed by atoms with Crippen LogP contribution in [-0.2, 0) is 0 Å². The molecule has 0 radical (unpaired) electrons. The first-order chi connectivity index (χ1) is 22.8. The van der Waals surface area contributed by atoms with E-state index < -0.39 is 0 Å². The summed E-state index contributed by atoms with van der Waals surface area (Å²) in [6, 6.07) is 55.8. The minimum absolute atomic E-state index is 0.295. The second-order valence-corrected chi connectivity index (χ2v) is 12.0. The molecule has 214 valence electrons. The average molecular weight is 587 g/mol. The highest BCUT2D eigenvalue weighted by Crippen LogP contribution is 2.48. The molecule has 0 saturated carbocycles. The SMILES string of the molecule is c1ccc(-c2ccc(N3c4ccc(-c5ccccc5)cc4B4Oc5ccccc5-c5cc6c(oc7ccccc76)c3c54)cc2)cc1. The maximum atomic E-state index is 6.97. The minimum atomic E-state index is -0.295. The number of hydrogen-bond donors (Lipinski definition) is 0. The summed E-state index contributed by atoms with van der Waals surface area (Å²) >= 11 is 0. The summed E-state index contributed by atoms with van der Waals surface area (Å²) in [6.45, 7) is -0.295. The maximum Gasteiger partial charge on any atom is 0.431 e. The van der Waals surface area contributed by atoms with Gasteiger partial charge in [-0.1, -0.05) is 121 Å². The van der Waals surface area contributed by atoms with Gasteiger partial charge in [0.25, 0.3) is 0 Å². The lowest BCUT2D eigenvalue weighted by Gasteiger charge is -2.39. The van der Waals surface area contributed by atoms with Gasteiger partial charge in [-0.2, -0.15) is 0 Å². The van der Waals surface area contributed by atoms with Crippen molar-refractivity contribution in [3.63, 3.8) is 0 Å². The van der Waals surface area contributed by atoms with Crippen LogP contribution in [0.2, 0.25) is 0 Å². The zero-order chi connectivity index (χ0) is 30.2. The molecule has 2 aliphatic heterocycles. The molecule has 46 heavy (non-hydrogen) atoms. The van der Waals surface area contributed by atoms with E-state index in [0.717, 1.165) is 66.8 Å². The van der Waals surface area contributed by atoms with Crippen LogP contribution in [0.1, 0.15) is 0 Å². The molecule has 0 fully saturated rings. The topological polar surface area (TPSA) is 25.6 Å². The Morgan fingerprint density at radius 3 is 1.96 bits per heavy atom. The van der Waals surface area contributed by atoms with E-state index in [1.807, 2.05) is 6.07 Å². The Morgan fingerprint density at radius 1 is 0.500 bits per heavy atom. The predicted molar refractivity (Wildman–Crippen MR) is 190 cm³/mol. The third-order valence-electron chi connectivity index (χ3n) is 9.48. The molecular weight excluding hydrogens is 561 g/mol. The molecule has 10 rings (SSSR count). The first-order valence-corrected chi connectivity index (χ1v) is 15.7. The Bertz CT molecular complexity index is 2450. The van der Waals surface area contributed by atoms with Crippen molar-refractivity contribution in [1.29, 1.82) is 0 Å². The predicted octanol–water partition coefficient (Wildman–Crippen LogP) is 9.87. The molecule has 0 saturated heterocycles. The number of nitrogens with zero attached hydrogens (tertiary/aromatic N) is 1. The molecule has 2 aliphatic rings. The summed E-state index contributed by atoms with van der Waals surface area (Å²) in [5.41, 5.74) is 14.2. The van der Waals surface area contributed by atoms with Crippen molar-refractivity contribution in [2.24, 2.45) is 0 Å². The van der Waals surface area contributed by atoms with Crippen LogP contribution in [0.15, 0.2) is 162 Å². The molecule has 0 unspecified atom stereocenters. The number of benzene rings is 7. The molecule has 0 aliphatic carbocycles. The number of fused-ring (bicyclic) bond motifs is 8. The summed E-state index contributed by atoms with van der Waals surface area (Å²) in [4.78, 5) is 2.39. The normalized spacial score (nSPS) is 12.9. The quantitative estimate of drug-likeness (QED) is 0.193. The van der Waals surface area contributed by atoms with Gasteiger partial charge in [-0.3, -0.25) is 0 Å². The Balaban J connectivity index is 1.29. The van der Waals surface area contributed by atoms with Crippen LogP contribution < -0.4 is 20.5 Å². The summed E-state index contributed by atoms with van der Waals surface area (Å²) in [5.74, 6) is 0.898. The van der Waals surface area contributed by atoms with Crippen molar-refractivity contribution >= 4 is 56.8 Å². The summed E-state index contributed by atoms with van der Waals surface area (Å²) in [5, 5.41) is 2.22.